The number of nitrogens with one attached hydrogen (secondary N) is 1. The van der Waals surface area contributed by atoms with Crippen molar-refractivity contribution in [1.29, 1.82) is 0 Å². The minimum Gasteiger partial charge on any atom is -0.382 e. The van der Waals surface area contributed by atoms with Gasteiger partial charge in [0.15, 0.2) is 17.0 Å². The summed E-state index contributed by atoms with van der Waals surface area (Å²) in [6.07, 6.45) is 7.94. The van der Waals surface area contributed by atoms with Gasteiger partial charge < -0.3 is 25.8 Å². The molecule has 12 heteroatoms. The van der Waals surface area contributed by atoms with Crippen LogP contribution in [-0.2, 0) is 20.0 Å². The monoisotopic (exact) mass is 497 g/mol. The number of carbonyl (C=O) groups excluding carboxylic acids is 1. The second-order valence-corrected chi connectivity index (χ2v) is 9.60. The Morgan fingerprint density at radius 1 is 1.14 bits per heavy atom. The first-order chi connectivity index (χ1) is 16.8. The molecule has 0 saturated carbocycles. The van der Waals surface area contributed by atoms with E-state index in [1.807, 2.05) is 12.1 Å². The van der Waals surface area contributed by atoms with Crippen LogP contribution in [0, 0.1) is 12.3 Å². The van der Waals surface area contributed by atoms with Crippen LogP contribution in [0.15, 0.2) is 30.5 Å². The van der Waals surface area contributed by atoms with Crippen molar-refractivity contribution in [2.24, 2.45) is 0 Å². The highest BCUT2D eigenvalue weighted by Crippen LogP contribution is 2.46. The van der Waals surface area contributed by atoms with E-state index in [0.29, 0.717) is 35.3 Å². The summed E-state index contributed by atoms with van der Waals surface area (Å²) in [4.78, 5) is 29.3. The summed E-state index contributed by atoms with van der Waals surface area (Å²) < 4.78 is 22.9. The second-order valence-electron chi connectivity index (χ2n) is 7.54. The zero-order valence-corrected chi connectivity index (χ0v) is 20.5. The largest absolute Gasteiger partial charge is 0.382 e. The molecule has 1 unspecified atom stereocenters. The topological polar surface area (TPSA) is 168 Å². The van der Waals surface area contributed by atoms with E-state index in [-0.39, 0.29) is 43.1 Å². The van der Waals surface area contributed by atoms with Gasteiger partial charge in [0.1, 0.15) is 6.29 Å². The zero-order chi connectivity index (χ0) is 25.4. The molecule has 184 valence electrons. The number of terminal acetylenes is 1. The van der Waals surface area contributed by atoms with E-state index in [2.05, 4.69) is 31.2 Å². The molecule has 0 aliphatic rings. The average molecular weight is 497 g/mol. The van der Waals surface area contributed by atoms with Crippen LogP contribution in [0.3, 0.4) is 0 Å². The van der Waals surface area contributed by atoms with Gasteiger partial charge in [-0.1, -0.05) is 12.1 Å². The van der Waals surface area contributed by atoms with Gasteiger partial charge in [0.2, 0.25) is 5.95 Å². The molecule has 1 atom stereocenters. The lowest BCUT2D eigenvalue weighted by Crippen LogP contribution is -2.25. The SMILES string of the molecule is C#CCC(Cc1cnc2nc(N)nc(N)c2n1)c1ccc(C(=O)NCP(=O)(OCC)OCC)cc1. The minimum atomic E-state index is -3.38. The number of hydrogen-bond donors (Lipinski definition) is 3. The van der Waals surface area contributed by atoms with Gasteiger partial charge in [0, 0.05) is 17.9 Å². The number of aromatic nitrogens is 4. The van der Waals surface area contributed by atoms with Gasteiger partial charge in [-0.2, -0.15) is 9.97 Å². The van der Waals surface area contributed by atoms with Crippen molar-refractivity contribution in [3.05, 3.63) is 47.3 Å². The number of anilines is 2. The number of carbonyl (C=O) groups is 1. The number of nitrogen functional groups attached to an aromatic ring is 2. The first-order valence-electron chi connectivity index (χ1n) is 11.0. The van der Waals surface area contributed by atoms with Crippen LogP contribution < -0.4 is 16.8 Å². The molecule has 1 amide bonds. The quantitative estimate of drug-likeness (QED) is 0.264. The van der Waals surface area contributed by atoms with Gasteiger partial charge in [-0.15, -0.1) is 12.3 Å². The highest BCUT2D eigenvalue weighted by atomic mass is 31.2. The third-order valence-corrected chi connectivity index (χ3v) is 6.90. The standard InChI is InChI=1S/C23H28N7O4P/c1-4-7-17(12-18-13-26-21-19(28-18)20(24)29-23(25)30-21)15-8-10-16(11-9-15)22(31)27-14-35(32,33-5-2)34-6-3/h1,8-11,13,17H,5-7,12,14H2,2-3H3,(H,27,31)(H4,24,25,26,29,30). The predicted octanol–water partition coefficient (Wildman–Crippen LogP) is 2.89. The van der Waals surface area contributed by atoms with Gasteiger partial charge in [-0.05, 0) is 38.0 Å². The van der Waals surface area contributed by atoms with Crippen molar-refractivity contribution < 1.29 is 18.4 Å². The summed E-state index contributed by atoms with van der Waals surface area (Å²) in [7, 11) is -3.38. The first-order valence-corrected chi connectivity index (χ1v) is 12.8. The summed E-state index contributed by atoms with van der Waals surface area (Å²) >= 11 is 0. The Morgan fingerprint density at radius 2 is 1.83 bits per heavy atom. The third kappa shape index (κ3) is 6.73. The van der Waals surface area contributed by atoms with Gasteiger partial charge in [-0.25, -0.2) is 9.97 Å². The highest BCUT2D eigenvalue weighted by Gasteiger charge is 2.24. The molecule has 5 N–H and O–H groups in total. The van der Waals surface area contributed by atoms with E-state index in [0.717, 1.165) is 5.56 Å². The number of nitrogens with zero attached hydrogens (tertiary/aromatic N) is 4. The summed E-state index contributed by atoms with van der Waals surface area (Å²) in [5, 5.41) is 2.61. The number of fused-ring (bicyclic) bond motifs is 1. The minimum absolute atomic E-state index is 0.0324. The maximum absolute atomic E-state index is 12.6. The molecule has 3 aromatic rings. The zero-order valence-electron chi connectivity index (χ0n) is 19.6. The smallest absolute Gasteiger partial charge is 0.349 e. The molecule has 0 saturated heterocycles. The van der Waals surface area contributed by atoms with Crippen molar-refractivity contribution in [3.8, 4) is 12.3 Å². The Hall–Kier alpha value is -3.58. The first kappa shape index (κ1) is 26.0. The normalized spacial score (nSPS) is 12.3. The molecule has 2 aromatic heterocycles. The van der Waals surface area contributed by atoms with Crippen LogP contribution in [0.4, 0.5) is 11.8 Å². The molecular formula is C23H28N7O4P. The van der Waals surface area contributed by atoms with E-state index in [9.17, 15) is 9.36 Å². The number of amides is 1. The Labute approximate surface area is 203 Å². The molecule has 1 aromatic carbocycles. The fraction of sp³-hybridized carbons (Fsp3) is 0.348. The van der Waals surface area contributed by atoms with Crippen LogP contribution in [0.1, 0.15) is 47.8 Å². The Morgan fingerprint density at radius 3 is 2.46 bits per heavy atom. The van der Waals surface area contributed by atoms with Crippen LogP contribution >= 0.6 is 7.60 Å². The molecule has 0 aliphatic carbocycles. The Bertz CT molecular complexity index is 1270. The lowest BCUT2D eigenvalue weighted by molar-refractivity contribution is 0.0954. The molecule has 0 aliphatic heterocycles. The molecule has 3 rings (SSSR count). The molecule has 2 heterocycles. The summed E-state index contributed by atoms with van der Waals surface area (Å²) in [6, 6.07) is 7.02. The number of rotatable bonds is 11. The molecule has 0 fully saturated rings. The van der Waals surface area contributed by atoms with Gasteiger partial charge in [0.25, 0.3) is 5.91 Å². The van der Waals surface area contributed by atoms with E-state index < -0.39 is 7.60 Å². The van der Waals surface area contributed by atoms with Crippen molar-refractivity contribution in [3.63, 3.8) is 0 Å². The van der Waals surface area contributed by atoms with Crippen molar-refractivity contribution in [2.45, 2.75) is 32.6 Å². The fourth-order valence-electron chi connectivity index (χ4n) is 3.48. The maximum atomic E-state index is 12.6. The number of benzene rings is 1. The Kier molecular flexibility index (Phi) is 8.71. The van der Waals surface area contributed by atoms with E-state index in [1.165, 1.54) is 0 Å². The molecule has 0 bridgehead atoms. The maximum Gasteiger partial charge on any atom is 0.349 e. The van der Waals surface area contributed by atoms with Crippen LogP contribution in [0.2, 0.25) is 0 Å². The second kappa shape index (κ2) is 11.7. The lowest BCUT2D eigenvalue weighted by Gasteiger charge is -2.18. The number of nitrogens with two attached hydrogens (primary N) is 2. The van der Waals surface area contributed by atoms with E-state index >= 15 is 0 Å². The molecule has 11 nitrogen and oxygen atoms in total. The summed E-state index contributed by atoms with van der Waals surface area (Å²) in [5.74, 6) is 2.42. The van der Waals surface area contributed by atoms with Gasteiger partial charge >= 0.3 is 7.60 Å². The molecule has 35 heavy (non-hydrogen) atoms. The van der Waals surface area contributed by atoms with Crippen LogP contribution in [-0.4, -0.2) is 45.3 Å². The fourth-order valence-corrected chi connectivity index (χ4v) is 4.86. The highest BCUT2D eigenvalue weighted by molar-refractivity contribution is 7.53. The van der Waals surface area contributed by atoms with E-state index in [1.54, 1.807) is 32.2 Å². The van der Waals surface area contributed by atoms with Crippen molar-refractivity contribution in [2.75, 3.05) is 31.0 Å². The molecular weight excluding hydrogens is 469 g/mol. The molecule has 0 spiro atoms. The van der Waals surface area contributed by atoms with Gasteiger partial charge in [0.05, 0.1) is 25.1 Å². The summed E-state index contributed by atoms with van der Waals surface area (Å²) in [6.45, 7) is 3.85. The van der Waals surface area contributed by atoms with Crippen LogP contribution in [0.25, 0.3) is 11.2 Å². The van der Waals surface area contributed by atoms with Crippen molar-refractivity contribution >= 4 is 36.4 Å². The van der Waals surface area contributed by atoms with Crippen molar-refractivity contribution in [1.82, 2.24) is 25.3 Å². The number of hydrogen-bond acceptors (Lipinski definition) is 10. The van der Waals surface area contributed by atoms with Crippen LogP contribution in [0.5, 0.6) is 0 Å². The average Bonchev–Trinajstić information content (AvgIpc) is 2.83. The third-order valence-electron chi connectivity index (χ3n) is 5.05. The summed E-state index contributed by atoms with van der Waals surface area (Å²) in [5.41, 5.74) is 14.2. The Balaban J connectivity index is 1.73. The van der Waals surface area contributed by atoms with E-state index in [4.69, 9.17) is 26.9 Å². The predicted molar refractivity (Wildman–Crippen MR) is 133 cm³/mol. The van der Waals surface area contributed by atoms with Gasteiger partial charge in [-0.3, -0.25) is 9.36 Å². The molecule has 0 radical (unpaired) electrons. The lowest BCUT2D eigenvalue weighted by atomic mass is 9.91.